The molecule has 1 aliphatic rings. The van der Waals surface area contributed by atoms with Crippen molar-refractivity contribution in [2.45, 2.75) is 39.7 Å². The van der Waals surface area contributed by atoms with E-state index < -0.39 is 0 Å². The van der Waals surface area contributed by atoms with Crippen molar-refractivity contribution in [2.75, 3.05) is 19.6 Å². The first kappa shape index (κ1) is 13.6. The molecule has 0 atom stereocenters. The Morgan fingerprint density at radius 1 is 1.39 bits per heavy atom. The number of hydrogen-bond acceptors (Lipinski definition) is 3. The van der Waals surface area contributed by atoms with Gasteiger partial charge >= 0.3 is 0 Å². The zero-order valence-corrected chi connectivity index (χ0v) is 12.1. The van der Waals surface area contributed by atoms with Crippen molar-refractivity contribution >= 4 is 17.2 Å². The second-order valence-corrected chi connectivity index (χ2v) is 6.41. The monoisotopic (exact) mass is 266 g/mol. The van der Waals surface area contributed by atoms with Crippen LogP contribution in [0.25, 0.3) is 0 Å². The zero-order chi connectivity index (χ0) is 13.0. The fraction of sp³-hybridized carbons (Fsp3) is 0.643. The quantitative estimate of drug-likeness (QED) is 0.830. The second kappa shape index (κ2) is 6.34. The van der Waals surface area contributed by atoms with Crippen LogP contribution in [0.5, 0.6) is 0 Å². The van der Waals surface area contributed by atoms with Crippen molar-refractivity contribution in [1.29, 1.82) is 0 Å². The molecular weight excluding hydrogens is 244 g/mol. The molecule has 0 aromatic carbocycles. The summed E-state index contributed by atoms with van der Waals surface area (Å²) in [7, 11) is 0. The summed E-state index contributed by atoms with van der Waals surface area (Å²) in [5.74, 6) is 0.304. The van der Waals surface area contributed by atoms with Crippen LogP contribution in [0.15, 0.2) is 6.07 Å². The summed E-state index contributed by atoms with van der Waals surface area (Å²) in [4.78, 5) is 16.5. The molecule has 0 spiro atoms. The lowest BCUT2D eigenvalue weighted by molar-refractivity contribution is -0.130. The number of hydrogen-bond donors (Lipinski definition) is 1. The van der Waals surface area contributed by atoms with Crippen LogP contribution in [-0.2, 0) is 11.3 Å². The third-order valence-electron chi connectivity index (χ3n) is 3.43. The van der Waals surface area contributed by atoms with Crippen molar-refractivity contribution in [3.8, 4) is 0 Å². The largest absolute Gasteiger partial charge is 0.343 e. The number of nitrogens with zero attached hydrogens (tertiary/aromatic N) is 1. The molecule has 1 aromatic heterocycles. The molecule has 1 aromatic rings. The summed E-state index contributed by atoms with van der Waals surface area (Å²) >= 11 is 1.84. The van der Waals surface area contributed by atoms with Gasteiger partial charge in [0.05, 0.1) is 0 Å². The van der Waals surface area contributed by atoms with Gasteiger partial charge in [-0.2, -0.15) is 0 Å². The van der Waals surface area contributed by atoms with Gasteiger partial charge in [0.1, 0.15) is 0 Å². The van der Waals surface area contributed by atoms with Gasteiger partial charge in [0, 0.05) is 42.4 Å². The highest BCUT2D eigenvalue weighted by molar-refractivity contribution is 7.12. The number of thiophene rings is 1. The van der Waals surface area contributed by atoms with Gasteiger partial charge in [-0.3, -0.25) is 4.79 Å². The fourth-order valence-corrected chi connectivity index (χ4v) is 3.35. The van der Waals surface area contributed by atoms with E-state index in [0.29, 0.717) is 12.3 Å². The van der Waals surface area contributed by atoms with E-state index in [-0.39, 0.29) is 0 Å². The summed E-state index contributed by atoms with van der Waals surface area (Å²) in [5.41, 5.74) is 1.37. The van der Waals surface area contributed by atoms with Crippen LogP contribution >= 0.6 is 11.3 Å². The highest BCUT2D eigenvalue weighted by atomic mass is 32.1. The average molecular weight is 266 g/mol. The highest BCUT2D eigenvalue weighted by Crippen LogP contribution is 2.20. The molecule has 0 radical (unpaired) electrons. The van der Waals surface area contributed by atoms with Gasteiger partial charge in [-0.05, 0) is 38.3 Å². The third kappa shape index (κ3) is 3.56. The molecule has 2 rings (SSSR count). The summed E-state index contributed by atoms with van der Waals surface area (Å²) in [5, 5.41) is 3.37. The van der Waals surface area contributed by atoms with Gasteiger partial charge in [-0.15, -0.1) is 11.3 Å². The maximum atomic E-state index is 11.8. The van der Waals surface area contributed by atoms with Crippen molar-refractivity contribution < 1.29 is 4.79 Å². The molecule has 0 aliphatic carbocycles. The minimum Gasteiger partial charge on any atom is -0.343 e. The predicted molar refractivity (Wildman–Crippen MR) is 75.9 cm³/mol. The summed E-state index contributed by atoms with van der Waals surface area (Å²) in [6.07, 6.45) is 2.97. The molecule has 1 fully saturated rings. The summed E-state index contributed by atoms with van der Waals surface area (Å²) in [6.45, 7) is 7.87. The van der Waals surface area contributed by atoms with E-state index in [1.165, 1.54) is 28.2 Å². The van der Waals surface area contributed by atoms with Gasteiger partial charge in [-0.1, -0.05) is 0 Å². The maximum Gasteiger partial charge on any atom is 0.223 e. The Bertz CT molecular complexity index is 408. The van der Waals surface area contributed by atoms with Crippen LogP contribution in [0, 0.1) is 13.8 Å². The number of rotatable bonds is 5. The van der Waals surface area contributed by atoms with E-state index in [9.17, 15) is 4.79 Å². The fourth-order valence-electron chi connectivity index (χ4n) is 2.40. The topological polar surface area (TPSA) is 32.3 Å². The molecule has 3 nitrogen and oxygen atoms in total. The molecule has 4 heteroatoms. The van der Waals surface area contributed by atoms with Crippen LogP contribution < -0.4 is 5.32 Å². The lowest BCUT2D eigenvalue weighted by atomic mass is 10.2. The molecule has 100 valence electrons. The summed E-state index contributed by atoms with van der Waals surface area (Å²) < 4.78 is 0. The molecular formula is C14H22N2OS. The van der Waals surface area contributed by atoms with Crippen LogP contribution in [0.4, 0.5) is 0 Å². The van der Waals surface area contributed by atoms with Crippen LogP contribution in [0.3, 0.4) is 0 Å². The average Bonchev–Trinajstić information content (AvgIpc) is 2.94. The molecule has 1 aliphatic heterocycles. The number of amides is 1. The zero-order valence-electron chi connectivity index (χ0n) is 11.3. The Hall–Kier alpha value is -0.870. The Morgan fingerprint density at radius 3 is 2.72 bits per heavy atom. The van der Waals surface area contributed by atoms with E-state index >= 15 is 0 Å². The van der Waals surface area contributed by atoms with Crippen molar-refractivity contribution in [1.82, 2.24) is 10.2 Å². The number of aryl methyl sites for hydroxylation is 2. The Balaban J connectivity index is 1.66. The van der Waals surface area contributed by atoms with E-state index in [0.717, 1.165) is 26.2 Å². The molecule has 1 N–H and O–H groups in total. The van der Waals surface area contributed by atoms with Gasteiger partial charge < -0.3 is 10.2 Å². The smallest absolute Gasteiger partial charge is 0.223 e. The highest BCUT2D eigenvalue weighted by Gasteiger charge is 2.16. The normalized spacial score (nSPS) is 15.3. The first-order valence-electron chi connectivity index (χ1n) is 6.71. The second-order valence-electron chi connectivity index (χ2n) is 4.95. The number of likely N-dealkylation sites (tertiary alicyclic amines) is 1. The minimum absolute atomic E-state index is 0.304. The van der Waals surface area contributed by atoms with Gasteiger partial charge in [0.15, 0.2) is 0 Å². The predicted octanol–water partition coefficient (Wildman–Crippen LogP) is 2.47. The van der Waals surface area contributed by atoms with Crippen LogP contribution in [0.1, 0.15) is 34.6 Å². The summed E-state index contributed by atoms with van der Waals surface area (Å²) in [6, 6.07) is 2.23. The van der Waals surface area contributed by atoms with Crippen molar-refractivity contribution in [3.05, 3.63) is 21.4 Å². The van der Waals surface area contributed by atoms with E-state index in [1.807, 2.05) is 16.2 Å². The lowest BCUT2D eigenvalue weighted by Crippen LogP contribution is -2.30. The lowest BCUT2D eigenvalue weighted by Gasteiger charge is -2.15. The van der Waals surface area contributed by atoms with E-state index in [4.69, 9.17) is 0 Å². The molecule has 1 saturated heterocycles. The molecule has 2 heterocycles. The van der Waals surface area contributed by atoms with E-state index in [2.05, 4.69) is 25.2 Å². The standard InChI is InChI=1S/C14H22N2OS/c1-11-9-13(12(2)18-11)10-15-6-5-14(17)16-7-3-4-8-16/h9,15H,3-8,10H2,1-2H3. The third-order valence-corrected chi connectivity index (χ3v) is 4.44. The first-order valence-corrected chi connectivity index (χ1v) is 7.53. The maximum absolute atomic E-state index is 11.8. The van der Waals surface area contributed by atoms with E-state index in [1.54, 1.807) is 0 Å². The molecule has 1 amide bonds. The minimum atomic E-state index is 0.304. The number of carbonyl (C=O) groups excluding carboxylic acids is 1. The molecule has 18 heavy (non-hydrogen) atoms. The Morgan fingerprint density at radius 2 is 2.11 bits per heavy atom. The first-order chi connectivity index (χ1) is 8.66. The Kier molecular flexibility index (Phi) is 4.78. The molecule has 0 unspecified atom stereocenters. The molecule has 0 saturated carbocycles. The van der Waals surface area contributed by atoms with Crippen molar-refractivity contribution in [3.63, 3.8) is 0 Å². The van der Waals surface area contributed by atoms with Crippen LogP contribution in [-0.4, -0.2) is 30.4 Å². The number of carbonyl (C=O) groups is 1. The molecule has 0 bridgehead atoms. The van der Waals surface area contributed by atoms with Gasteiger partial charge in [0.2, 0.25) is 5.91 Å². The van der Waals surface area contributed by atoms with Crippen LogP contribution in [0.2, 0.25) is 0 Å². The van der Waals surface area contributed by atoms with Gasteiger partial charge in [0.25, 0.3) is 0 Å². The number of nitrogens with one attached hydrogen (secondary N) is 1. The Labute approximate surface area is 113 Å². The SMILES string of the molecule is Cc1cc(CNCCC(=O)N2CCCC2)c(C)s1. The van der Waals surface area contributed by atoms with Crippen molar-refractivity contribution in [2.24, 2.45) is 0 Å². The van der Waals surface area contributed by atoms with Gasteiger partial charge in [-0.25, -0.2) is 0 Å².